The first-order chi connectivity index (χ1) is 9.60. The molecule has 2 nitrogen and oxygen atoms in total. The lowest BCUT2D eigenvalue weighted by Gasteiger charge is -2.18. The largest absolute Gasteiger partial charge is 0.494 e. The van der Waals surface area contributed by atoms with E-state index in [1.807, 2.05) is 13.0 Å². The van der Waals surface area contributed by atoms with Gasteiger partial charge in [-0.3, -0.25) is 0 Å². The summed E-state index contributed by atoms with van der Waals surface area (Å²) in [6, 6.07) is 15.1. The summed E-state index contributed by atoms with van der Waals surface area (Å²) in [5.74, 6) is 0.929. The van der Waals surface area contributed by atoms with E-state index in [0.717, 1.165) is 11.4 Å². The van der Waals surface area contributed by atoms with Crippen LogP contribution in [0.4, 0.5) is 5.69 Å². The zero-order chi connectivity index (χ0) is 14.5. The van der Waals surface area contributed by atoms with E-state index in [-0.39, 0.29) is 6.04 Å². The van der Waals surface area contributed by atoms with Gasteiger partial charge in [0.15, 0.2) is 0 Å². The Morgan fingerprint density at radius 1 is 1.05 bits per heavy atom. The van der Waals surface area contributed by atoms with Crippen molar-refractivity contribution in [2.45, 2.75) is 33.7 Å². The molecular weight excluding hydrogens is 246 g/mol. The highest BCUT2D eigenvalue weighted by Gasteiger charge is 2.07. The van der Waals surface area contributed by atoms with Crippen LogP contribution in [0, 0.1) is 13.8 Å². The SMILES string of the molecule is CCOc1ccc(NC(C)c2ccc(C)cc2)c(C)c1. The molecule has 0 spiro atoms. The molecule has 0 fully saturated rings. The smallest absolute Gasteiger partial charge is 0.119 e. The second-order valence-corrected chi connectivity index (χ2v) is 5.19. The molecule has 0 aliphatic carbocycles. The minimum Gasteiger partial charge on any atom is -0.494 e. The topological polar surface area (TPSA) is 21.3 Å². The highest BCUT2D eigenvalue weighted by atomic mass is 16.5. The van der Waals surface area contributed by atoms with E-state index in [1.165, 1.54) is 16.7 Å². The van der Waals surface area contributed by atoms with Crippen LogP contribution in [0.25, 0.3) is 0 Å². The third kappa shape index (κ3) is 3.53. The van der Waals surface area contributed by atoms with Crippen LogP contribution in [0.3, 0.4) is 0 Å². The van der Waals surface area contributed by atoms with Crippen LogP contribution >= 0.6 is 0 Å². The number of hydrogen-bond donors (Lipinski definition) is 1. The lowest BCUT2D eigenvalue weighted by atomic mass is 10.1. The molecule has 1 N–H and O–H groups in total. The maximum absolute atomic E-state index is 5.52. The van der Waals surface area contributed by atoms with Gasteiger partial charge in [-0.25, -0.2) is 0 Å². The maximum atomic E-state index is 5.52. The predicted octanol–water partition coefficient (Wildman–Crippen LogP) is 4.88. The van der Waals surface area contributed by atoms with Gasteiger partial charge in [-0.05, 0) is 57.0 Å². The molecule has 0 aliphatic rings. The Balaban J connectivity index is 2.11. The molecule has 0 saturated heterocycles. The number of benzene rings is 2. The lowest BCUT2D eigenvalue weighted by Crippen LogP contribution is -2.07. The van der Waals surface area contributed by atoms with Crippen LogP contribution in [0.2, 0.25) is 0 Å². The Hall–Kier alpha value is -1.96. The fraction of sp³-hybridized carbons (Fsp3) is 0.333. The van der Waals surface area contributed by atoms with Crippen molar-refractivity contribution in [1.82, 2.24) is 0 Å². The summed E-state index contributed by atoms with van der Waals surface area (Å²) in [5, 5.41) is 3.56. The van der Waals surface area contributed by atoms with Gasteiger partial charge in [0.1, 0.15) is 5.75 Å². The summed E-state index contributed by atoms with van der Waals surface area (Å²) in [6.45, 7) is 9.10. The van der Waals surface area contributed by atoms with Crippen LogP contribution in [-0.4, -0.2) is 6.61 Å². The Kier molecular flexibility index (Phi) is 4.67. The van der Waals surface area contributed by atoms with Crippen LogP contribution in [0.15, 0.2) is 42.5 Å². The highest BCUT2D eigenvalue weighted by molar-refractivity contribution is 5.54. The molecule has 1 atom stereocenters. The molecule has 0 aromatic heterocycles. The zero-order valence-corrected chi connectivity index (χ0v) is 12.7. The van der Waals surface area contributed by atoms with Crippen LogP contribution in [0.1, 0.15) is 36.6 Å². The van der Waals surface area contributed by atoms with E-state index < -0.39 is 0 Å². The Bertz CT molecular complexity index is 560. The molecule has 2 rings (SSSR count). The second kappa shape index (κ2) is 6.47. The monoisotopic (exact) mass is 269 g/mol. The highest BCUT2D eigenvalue weighted by Crippen LogP contribution is 2.25. The van der Waals surface area contributed by atoms with Gasteiger partial charge in [0.05, 0.1) is 6.61 Å². The van der Waals surface area contributed by atoms with Crippen molar-refractivity contribution < 1.29 is 4.74 Å². The van der Waals surface area contributed by atoms with E-state index in [9.17, 15) is 0 Å². The predicted molar refractivity (Wildman–Crippen MR) is 85.6 cm³/mol. The van der Waals surface area contributed by atoms with Crippen molar-refractivity contribution in [3.05, 3.63) is 59.2 Å². The van der Waals surface area contributed by atoms with Crippen LogP contribution < -0.4 is 10.1 Å². The molecule has 2 heteroatoms. The van der Waals surface area contributed by atoms with Crippen LogP contribution in [-0.2, 0) is 0 Å². The average molecular weight is 269 g/mol. The quantitative estimate of drug-likeness (QED) is 0.835. The van der Waals surface area contributed by atoms with Crippen molar-refractivity contribution in [1.29, 1.82) is 0 Å². The summed E-state index contributed by atoms with van der Waals surface area (Å²) >= 11 is 0. The molecule has 20 heavy (non-hydrogen) atoms. The van der Waals surface area contributed by atoms with Crippen molar-refractivity contribution in [3.8, 4) is 5.75 Å². The molecule has 0 radical (unpaired) electrons. The summed E-state index contributed by atoms with van der Waals surface area (Å²) in [6.07, 6.45) is 0. The Morgan fingerprint density at radius 3 is 2.35 bits per heavy atom. The number of hydrogen-bond acceptors (Lipinski definition) is 2. The third-order valence-electron chi connectivity index (χ3n) is 3.46. The first-order valence-corrected chi connectivity index (χ1v) is 7.16. The molecule has 2 aromatic carbocycles. The van der Waals surface area contributed by atoms with Crippen molar-refractivity contribution in [2.75, 3.05) is 11.9 Å². The van der Waals surface area contributed by atoms with Gasteiger partial charge in [0.25, 0.3) is 0 Å². The van der Waals surface area contributed by atoms with E-state index in [4.69, 9.17) is 4.74 Å². The molecule has 0 heterocycles. The van der Waals surface area contributed by atoms with Gasteiger partial charge in [-0.2, -0.15) is 0 Å². The zero-order valence-electron chi connectivity index (χ0n) is 12.7. The molecule has 0 amide bonds. The Labute approximate surface area is 121 Å². The van der Waals surface area contributed by atoms with Gasteiger partial charge in [-0.15, -0.1) is 0 Å². The fourth-order valence-corrected chi connectivity index (χ4v) is 2.23. The van der Waals surface area contributed by atoms with E-state index in [2.05, 4.69) is 62.5 Å². The Morgan fingerprint density at radius 2 is 1.75 bits per heavy atom. The maximum Gasteiger partial charge on any atom is 0.119 e. The number of aryl methyl sites for hydroxylation is 2. The number of anilines is 1. The summed E-state index contributed by atoms with van der Waals surface area (Å²) in [7, 11) is 0. The number of nitrogens with one attached hydrogen (secondary N) is 1. The molecule has 0 saturated carbocycles. The van der Waals surface area contributed by atoms with E-state index in [0.29, 0.717) is 6.61 Å². The first-order valence-electron chi connectivity index (χ1n) is 7.16. The fourth-order valence-electron chi connectivity index (χ4n) is 2.23. The first kappa shape index (κ1) is 14.4. The number of rotatable bonds is 5. The average Bonchev–Trinajstić information content (AvgIpc) is 2.43. The minimum atomic E-state index is 0.284. The standard InChI is InChI=1S/C18H23NO/c1-5-20-17-10-11-18(14(3)12-17)19-15(4)16-8-6-13(2)7-9-16/h6-12,15,19H,5H2,1-4H3. The minimum absolute atomic E-state index is 0.284. The van der Waals surface area contributed by atoms with Gasteiger partial charge in [0.2, 0.25) is 0 Å². The van der Waals surface area contributed by atoms with Crippen molar-refractivity contribution in [3.63, 3.8) is 0 Å². The molecule has 2 aromatic rings. The molecule has 0 bridgehead atoms. The van der Waals surface area contributed by atoms with Crippen molar-refractivity contribution >= 4 is 5.69 Å². The lowest BCUT2D eigenvalue weighted by molar-refractivity contribution is 0.340. The summed E-state index contributed by atoms with van der Waals surface area (Å²) in [5.41, 5.74) is 4.94. The van der Waals surface area contributed by atoms with E-state index in [1.54, 1.807) is 0 Å². The number of ether oxygens (including phenoxy) is 1. The van der Waals surface area contributed by atoms with Gasteiger partial charge < -0.3 is 10.1 Å². The second-order valence-electron chi connectivity index (χ2n) is 5.19. The summed E-state index contributed by atoms with van der Waals surface area (Å²) in [4.78, 5) is 0. The molecule has 106 valence electrons. The molecule has 1 unspecified atom stereocenters. The third-order valence-corrected chi connectivity index (χ3v) is 3.46. The van der Waals surface area contributed by atoms with E-state index >= 15 is 0 Å². The molecule has 0 aliphatic heterocycles. The van der Waals surface area contributed by atoms with Crippen LogP contribution in [0.5, 0.6) is 5.75 Å². The van der Waals surface area contributed by atoms with Crippen molar-refractivity contribution in [2.24, 2.45) is 0 Å². The van der Waals surface area contributed by atoms with Gasteiger partial charge in [-0.1, -0.05) is 29.8 Å². The normalized spacial score (nSPS) is 12.0. The van der Waals surface area contributed by atoms with Gasteiger partial charge >= 0.3 is 0 Å². The summed E-state index contributed by atoms with van der Waals surface area (Å²) < 4.78 is 5.52. The van der Waals surface area contributed by atoms with Gasteiger partial charge in [0, 0.05) is 11.7 Å². The molecular formula is C18H23NO.